The third-order valence-corrected chi connectivity index (χ3v) is 2.85. The first kappa shape index (κ1) is 13.8. The number of carbonyl (C=O) groups is 1. The average Bonchev–Trinajstić information content (AvgIpc) is 2.14. The van der Waals surface area contributed by atoms with Crippen LogP contribution in [0.3, 0.4) is 0 Å². The number of aliphatic hydroxyl groups is 1. The first-order valence-corrected chi connectivity index (χ1v) is 5.72. The van der Waals surface area contributed by atoms with Crippen LogP contribution in [0.1, 0.15) is 20.8 Å². The van der Waals surface area contributed by atoms with Gasteiger partial charge in [-0.2, -0.15) is 0 Å². The molecule has 0 amide bonds. The monoisotopic (exact) mass is 224 g/mol. The molecule has 0 aromatic heterocycles. The summed E-state index contributed by atoms with van der Waals surface area (Å²) in [6, 6.07) is 0. The number of carbonyl (C=O) groups excluding carboxylic acids is 1. The topological polar surface area (TPSA) is 65.0 Å². The third kappa shape index (κ3) is 6.27. The summed E-state index contributed by atoms with van der Waals surface area (Å²) in [5.74, 6) is -1.30. The molecular formula is C8H17O5P. The molecule has 0 radical (unpaired) electrons. The zero-order chi connectivity index (χ0) is 11.0. The van der Waals surface area contributed by atoms with Gasteiger partial charge in [0.1, 0.15) is 6.61 Å². The van der Waals surface area contributed by atoms with E-state index in [-0.39, 0.29) is 6.61 Å². The summed E-state index contributed by atoms with van der Waals surface area (Å²) in [7, 11) is -1.37. The van der Waals surface area contributed by atoms with Crippen molar-refractivity contribution in [1.29, 1.82) is 0 Å². The SMILES string of the molecule is CCOP(OCC)C(O)COC(C)=O. The van der Waals surface area contributed by atoms with Gasteiger partial charge in [0.15, 0.2) is 5.85 Å². The second-order valence-electron chi connectivity index (χ2n) is 2.40. The van der Waals surface area contributed by atoms with E-state index in [1.165, 1.54) is 6.92 Å². The van der Waals surface area contributed by atoms with Crippen molar-refractivity contribution >= 4 is 14.3 Å². The molecule has 0 aliphatic rings. The van der Waals surface area contributed by atoms with Gasteiger partial charge in [-0.1, -0.05) is 0 Å². The van der Waals surface area contributed by atoms with E-state index < -0.39 is 20.2 Å². The molecule has 0 aliphatic heterocycles. The molecule has 0 saturated carbocycles. The zero-order valence-electron chi connectivity index (χ0n) is 8.73. The van der Waals surface area contributed by atoms with Crippen molar-refractivity contribution < 1.29 is 23.7 Å². The molecule has 0 fully saturated rings. The molecule has 0 aromatic carbocycles. The molecule has 0 saturated heterocycles. The molecule has 5 nitrogen and oxygen atoms in total. The highest BCUT2D eigenvalue weighted by Crippen LogP contribution is 2.42. The van der Waals surface area contributed by atoms with Crippen LogP contribution < -0.4 is 0 Å². The Morgan fingerprint density at radius 3 is 2.21 bits per heavy atom. The van der Waals surface area contributed by atoms with Gasteiger partial charge in [0.05, 0.1) is 13.2 Å². The standard InChI is InChI=1S/C8H17O5P/c1-4-12-14(13-5-2)8(10)6-11-7(3)9/h8,10H,4-6H2,1-3H3. The molecule has 0 spiro atoms. The molecule has 0 aromatic rings. The number of esters is 1. The maximum absolute atomic E-state index is 10.5. The summed E-state index contributed by atoms with van der Waals surface area (Å²) >= 11 is 0. The van der Waals surface area contributed by atoms with E-state index in [0.29, 0.717) is 13.2 Å². The quantitative estimate of drug-likeness (QED) is 0.520. The molecule has 14 heavy (non-hydrogen) atoms. The Labute approximate surface area is 85.3 Å². The van der Waals surface area contributed by atoms with Gasteiger partial charge in [-0.25, -0.2) is 0 Å². The van der Waals surface area contributed by atoms with E-state index in [2.05, 4.69) is 4.74 Å². The smallest absolute Gasteiger partial charge is 0.302 e. The van der Waals surface area contributed by atoms with Crippen molar-refractivity contribution in [2.45, 2.75) is 26.6 Å². The minimum Gasteiger partial charge on any atom is -0.463 e. The van der Waals surface area contributed by atoms with Gasteiger partial charge in [0, 0.05) is 6.92 Å². The van der Waals surface area contributed by atoms with E-state index in [0.717, 1.165) is 0 Å². The van der Waals surface area contributed by atoms with Crippen LogP contribution in [0.15, 0.2) is 0 Å². The Balaban J connectivity index is 3.86. The summed E-state index contributed by atoms with van der Waals surface area (Å²) in [4.78, 5) is 10.5. The van der Waals surface area contributed by atoms with Crippen LogP contribution in [0.2, 0.25) is 0 Å². The average molecular weight is 224 g/mol. The molecule has 0 bridgehead atoms. The lowest BCUT2D eigenvalue weighted by atomic mass is 10.7. The summed E-state index contributed by atoms with van der Waals surface area (Å²) in [5.41, 5.74) is 0. The Kier molecular flexibility index (Phi) is 7.99. The van der Waals surface area contributed by atoms with Crippen LogP contribution in [0, 0.1) is 0 Å². The van der Waals surface area contributed by atoms with Gasteiger partial charge in [0.25, 0.3) is 0 Å². The van der Waals surface area contributed by atoms with Crippen molar-refractivity contribution in [2.75, 3.05) is 19.8 Å². The molecule has 0 rings (SSSR count). The predicted octanol–water partition coefficient (Wildman–Crippen LogP) is 1.25. The largest absolute Gasteiger partial charge is 0.463 e. The zero-order valence-corrected chi connectivity index (χ0v) is 9.62. The van der Waals surface area contributed by atoms with Gasteiger partial charge in [-0.05, 0) is 13.8 Å². The summed E-state index contributed by atoms with van der Waals surface area (Å²) in [5, 5.41) is 9.52. The second-order valence-corrected chi connectivity index (χ2v) is 4.09. The van der Waals surface area contributed by atoms with E-state index >= 15 is 0 Å². The number of hydrogen-bond acceptors (Lipinski definition) is 5. The van der Waals surface area contributed by atoms with Crippen LogP contribution in [0.5, 0.6) is 0 Å². The van der Waals surface area contributed by atoms with E-state index in [1.54, 1.807) is 0 Å². The minimum atomic E-state index is -1.37. The van der Waals surface area contributed by atoms with Crippen molar-refractivity contribution in [3.63, 3.8) is 0 Å². The fourth-order valence-electron chi connectivity index (χ4n) is 0.717. The lowest BCUT2D eigenvalue weighted by Crippen LogP contribution is -2.17. The molecule has 1 atom stereocenters. The van der Waals surface area contributed by atoms with Crippen molar-refractivity contribution in [3.05, 3.63) is 0 Å². The van der Waals surface area contributed by atoms with Crippen molar-refractivity contribution in [3.8, 4) is 0 Å². The third-order valence-electron chi connectivity index (χ3n) is 1.19. The normalized spacial score (nSPS) is 12.9. The van der Waals surface area contributed by atoms with Gasteiger partial charge in [-0.3, -0.25) is 4.79 Å². The van der Waals surface area contributed by atoms with Gasteiger partial charge < -0.3 is 18.9 Å². The minimum absolute atomic E-state index is 0.0823. The summed E-state index contributed by atoms with van der Waals surface area (Å²) in [6.45, 7) is 5.75. The molecule has 6 heteroatoms. The first-order valence-electron chi connectivity index (χ1n) is 4.48. The van der Waals surface area contributed by atoms with Crippen LogP contribution in [-0.4, -0.2) is 36.7 Å². The predicted molar refractivity (Wildman–Crippen MR) is 52.8 cm³/mol. The van der Waals surface area contributed by atoms with Gasteiger partial charge >= 0.3 is 5.97 Å². The molecule has 0 aliphatic carbocycles. The highest BCUT2D eigenvalue weighted by Gasteiger charge is 2.21. The Morgan fingerprint density at radius 2 is 1.86 bits per heavy atom. The lowest BCUT2D eigenvalue weighted by Gasteiger charge is -2.20. The number of aliphatic hydroxyl groups excluding tert-OH is 1. The van der Waals surface area contributed by atoms with E-state index in [9.17, 15) is 9.90 Å². The lowest BCUT2D eigenvalue weighted by molar-refractivity contribution is -0.142. The molecule has 1 unspecified atom stereocenters. The van der Waals surface area contributed by atoms with E-state index in [1.807, 2.05) is 13.8 Å². The number of hydrogen-bond donors (Lipinski definition) is 1. The van der Waals surface area contributed by atoms with Crippen LogP contribution in [0.4, 0.5) is 0 Å². The maximum atomic E-state index is 10.5. The molecule has 84 valence electrons. The fourth-order valence-corrected chi connectivity index (χ4v) is 1.84. The van der Waals surface area contributed by atoms with Crippen LogP contribution >= 0.6 is 8.38 Å². The second kappa shape index (κ2) is 8.12. The first-order chi connectivity index (χ1) is 6.61. The van der Waals surface area contributed by atoms with Gasteiger partial charge in [0.2, 0.25) is 8.38 Å². The highest BCUT2D eigenvalue weighted by atomic mass is 31.2. The van der Waals surface area contributed by atoms with Gasteiger partial charge in [-0.15, -0.1) is 0 Å². The Bertz CT molecular complexity index is 158. The van der Waals surface area contributed by atoms with Crippen molar-refractivity contribution in [1.82, 2.24) is 0 Å². The molecule has 0 heterocycles. The van der Waals surface area contributed by atoms with Crippen LogP contribution in [-0.2, 0) is 18.6 Å². The van der Waals surface area contributed by atoms with E-state index in [4.69, 9.17) is 9.05 Å². The fraction of sp³-hybridized carbons (Fsp3) is 0.875. The van der Waals surface area contributed by atoms with Crippen LogP contribution in [0.25, 0.3) is 0 Å². The Hall–Kier alpha value is -0.220. The Morgan fingerprint density at radius 1 is 1.36 bits per heavy atom. The highest BCUT2D eigenvalue weighted by molar-refractivity contribution is 7.47. The maximum Gasteiger partial charge on any atom is 0.302 e. The molecule has 1 N–H and O–H groups in total. The number of ether oxygens (including phenoxy) is 1. The summed E-state index contributed by atoms with van der Waals surface area (Å²) in [6.07, 6.45) is 0. The van der Waals surface area contributed by atoms with Crippen molar-refractivity contribution in [2.24, 2.45) is 0 Å². The summed E-state index contributed by atoms with van der Waals surface area (Å²) < 4.78 is 15.0. The number of rotatable bonds is 7. The molecular weight excluding hydrogens is 207 g/mol.